The molecule has 1 atom stereocenters. The molecule has 0 radical (unpaired) electrons. The maximum Gasteiger partial charge on any atom is 0.236 e. The SMILES string of the molecule is COc1ccc(CC2c3cc(OC)c(OC)c(OC)c3CCN2CC(=O)N(C)Cc2ccccc2)cc1OC. The molecule has 1 aliphatic rings. The van der Waals surface area contributed by atoms with Gasteiger partial charge in [-0.2, -0.15) is 0 Å². The molecule has 1 unspecified atom stereocenters. The molecule has 0 N–H and O–H groups in total. The average molecular weight is 535 g/mol. The molecule has 39 heavy (non-hydrogen) atoms. The zero-order chi connectivity index (χ0) is 27.9. The highest BCUT2D eigenvalue weighted by molar-refractivity contribution is 5.78. The molecule has 0 saturated heterocycles. The lowest BCUT2D eigenvalue weighted by Gasteiger charge is -2.39. The lowest BCUT2D eigenvalue weighted by molar-refractivity contribution is -0.132. The van der Waals surface area contributed by atoms with Gasteiger partial charge in [0, 0.05) is 31.7 Å². The first-order chi connectivity index (χ1) is 18.9. The van der Waals surface area contributed by atoms with Crippen LogP contribution in [0.25, 0.3) is 0 Å². The highest BCUT2D eigenvalue weighted by Gasteiger charge is 2.34. The summed E-state index contributed by atoms with van der Waals surface area (Å²) in [6.07, 6.45) is 1.37. The van der Waals surface area contributed by atoms with E-state index in [1.807, 2.05) is 61.6 Å². The van der Waals surface area contributed by atoms with E-state index in [9.17, 15) is 4.79 Å². The molecule has 0 bridgehead atoms. The van der Waals surface area contributed by atoms with Crippen LogP contribution >= 0.6 is 0 Å². The summed E-state index contributed by atoms with van der Waals surface area (Å²) in [5.74, 6) is 3.26. The molecular weight excluding hydrogens is 496 g/mol. The maximum atomic E-state index is 13.4. The molecule has 3 aromatic rings. The average Bonchev–Trinajstić information content (AvgIpc) is 2.97. The fraction of sp³-hybridized carbons (Fsp3) is 0.387. The molecule has 208 valence electrons. The number of nitrogens with zero attached hydrogens (tertiary/aromatic N) is 2. The number of methoxy groups -OCH3 is 5. The number of benzene rings is 3. The second-order valence-electron chi connectivity index (χ2n) is 9.58. The molecule has 1 amide bonds. The van der Waals surface area contributed by atoms with Gasteiger partial charge in [0.1, 0.15) is 0 Å². The van der Waals surface area contributed by atoms with Gasteiger partial charge in [-0.25, -0.2) is 0 Å². The van der Waals surface area contributed by atoms with Gasteiger partial charge in [-0.1, -0.05) is 36.4 Å². The van der Waals surface area contributed by atoms with Crippen LogP contribution in [-0.4, -0.2) is 71.4 Å². The van der Waals surface area contributed by atoms with E-state index in [0.29, 0.717) is 48.3 Å². The first-order valence-corrected chi connectivity index (χ1v) is 13.0. The van der Waals surface area contributed by atoms with Crippen LogP contribution in [0.1, 0.15) is 28.3 Å². The van der Waals surface area contributed by atoms with Crippen LogP contribution < -0.4 is 23.7 Å². The van der Waals surface area contributed by atoms with Crippen molar-refractivity contribution in [1.29, 1.82) is 0 Å². The van der Waals surface area contributed by atoms with Crippen molar-refractivity contribution < 1.29 is 28.5 Å². The number of rotatable bonds is 11. The number of ether oxygens (including phenoxy) is 5. The van der Waals surface area contributed by atoms with Crippen molar-refractivity contribution in [2.24, 2.45) is 0 Å². The van der Waals surface area contributed by atoms with E-state index in [4.69, 9.17) is 23.7 Å². The lowest BCUT2D eigenvalue weighted by Crippen LogP contribution is -2.43. The van der Waals surface area contributed by atoms with Crippen molar-refractivity contribution in [3.63, 3.8) is 0 Å². The van der Waals surface area contributed by atoms with Crippen LogP contribution in [0.2, 0.25) is 0 Å². The van der Waals surface area contributed by atoms with Crippen molar-refractivity contribution >= 4 is 5.91 Å². The van der Waals surface area contributed by atoms with Crippen molar-refractivity contribution in [3.8, 4) is 28.7 Å². The van der Waals surface area contributed by atoms with Gasteiger partial charge in [0.15, 0.2) is 23.0 Å². The molecule has 8 heteroatoms. The summed E-state index contributed by atoms with van der Waals surface area (Å²) in [5, 5.41) is 0. The quantitative estimate of drug-likeness (QED) is 0.358. The van der Waals surface area contributed by atoms with Crippen molar-refractivity contribution in [3.05, 3.63) is 76.9 Å². The maximum absolute atomic E-state index is 13.4. The highest BCUT2D eigenvalue weighted by atomic mass is 16.5. The minimum Gasteiger partial charge on any atom is -0.493 e. The summed E-state index contributed by atoms with van der Waals surface area (Å²) < 4.78 is 28.2. The van der Waals surface area contributed by atoms with Gasteiger partial charge < -0.3 is 28.6 Å². The Labute approximate surface area is 231 Å². The Morgan fingerprint density at radius 1 is 0.821 bits per heavy atom. The highest BCUT2D eigenvalue weighted by Crippen LogP contribution is 2.47. The normalized spacial score (nSPS) is 14.8. The van der Waals surface area contributed by atoms with E-state index in [2.05, 4.69) is 4.90 Å². The number of likely N-dealkylation sites (N-methyl/N-ethyl adjacent to an activating group) is 1. The van der Waals surface area contributed by atoms with Crippen molar-refractivity contribution in [2.45, 2.75) is 25.4 Å². The smallest absolute Gasteiger partial charge is 0.236 e. The van der Waals surface area contributed by atoms with E-state index < -0.39 is 0 Å². The van der Waals surface area contributed by atoms with Crippen molar-refractivity contribution in [2.75, 3.05) is 55.7 Å². The number of amides is 1. The standard InChI is InChI=1S/C31H38N2O6/c1-32(19-21-10-8-7-9-11-21)29(34)20-33-15-14-23-24(18-28(37-4)31(39-6)30(23)38-5)25(33)16-22-12-13-26(35-2)27(17-22)36-3/h7-13,17-18,25H,14-16,19-20H2,1-6H3. The molecule has 1 aliphatic heterocycles. The second kappa shape index (κ2) is 12.8. The van der Waals surface area contributed by atoms with Crippen LogP contribution in [0.3, 0.4) is 0 Å². The molecule has 0 fully saturated rings. The van der Waals surface area contributed by atoms with E-state index in [1.165, 1.54) is 0 Å². The van der Waals surface area contributed by atoms with Crippen LogP contribution in [0.4, 0.5) is 0 Å². The van der Waals surface area contributed by atoms with Crippen LogP contribution in [0, 0.1) is 0 Å². The van der Waals surface area contributed by atoms with Gasteiger partial charge in [0.05, 0.1) is 42.1 Å². The van der Waals surface area contributed by atoms with Gasteiger partial charge in [0.25, 0.3) is 0 Å². The monoisotopic (exact) mass is 534 g/mol. The zero-order valence-electron chi connectivity index (χ0n) is 23.7. The molecule has 0 spiro atoms. The molecular formula is C31H38N2O6. The Bertz CT molecular complexity index is 1280. The molecule has 3 aromatic carbocycles. The largest absolute Gasteiger partial charge is 0.493 e. The number of carbonyl (C=O) groups is 1. The summed E-state index contributed by atoms with van der Waals surface area (Å²) in [6.45, 7) is 1.54. The topological polar surface area (TPSA) is 69.7 Å². The molecule has 0 aromatic heterocycles. The molecule has 1 heterocycles. The molecule has 0 saturated carbocycles. The van der Waals surface area contributed by atoms with Crippen LogP contribution in [0.5, 0.6) is 28.7 Å². The Morgan fingerprint density at radius 3 is 2.15 bits per heavy atom. The van der Waals surface area contributed by atoms with Gasteiger partial charge >= 0.3 is 0 Å². The summed E-state index contributed by atoms with van der Waals surface area (Å²) in [6, 6.07) is 17.9. The number of hydrogen-bond acceptors (Lipinski definition) is 7. The van der Waals surface area contributed by atoms with Gasteiger partial charge in [0.2, 0.25) is 11.7 Å². The minimum atomic E-state index is -0.102. The Balaban J connectivity index is 1.70. The van der Waals surface area contributed by atoms with E-state index in [0.717, 1.165) is 28.7 Å². The van der Waals surface area contributed by atoms with Crippen LogP contribution in [0.15, 0.2) is 54.6 Å². The third-order valence-electron chi connectivity index (χ3n) is 7.32. The van der Waals surface area contributed by atoms with E-state index in [1.54, 1.807) is 40.4 Å². The van der Waals surface area contributed by atoms with Gasteiger partial charge in [-0.05, 0) is 47.7 Å². The van der Waals surface area contributed by atoms with Crippen molar-refractivity contribution in [1.82, 2.24) is 9.80 Å². The number of hydrogen-bond donors (Lipinski definition) is 0. The van der Waals surface area contributed by atoms with Gasteiger partial charge in [-0.15, -0.1) is 0 Å². The lowest BCUT2D eigenvalue weighted by atomic mass is 9.87. The second-order valence-corrected chi connectivity index (χ2v) is 9.58. The zero-order valence-corrected chi connectivity index (χ0v) is 23.7. The summed E-state index contributed by atoms with van der Waals surface area (Å²) >= 11 is 0. The first kappa shape index (κ1) is 28.1. The van der Waals surface area contributed by atoms with Crippen LogP contribution in [-0.2, 0) is 24.2 Å². The summed E-state index contributed by atoms with van der Waals surface area (Å²) in [4.78, 5) is 17.5. The fourth-order valence-electron chi connectivity index (χ4n) is 5.30. The third kappa shape index (κ3) is 6.06. The Morgan fingerprint density at radius 2 is 1.51 bits per heavy atom. The molecule has 0 aliphatic carbocycles. The Kier molecular flexibility index (Phi) is 9.19. The Hall–Kier alpha value is -3.91. The fourth-order valence-corrected chi connectivity index (χ4v) is 5.30. The summed E-state index contributed by atoms with van der Waals surface area (Å²) in [7, 11) is 10.00. The third-order valence-corrected chi connectivity index (χ3v) is 7.32. The van der Waals surface area contributed by atoms with E-state index in [-0.39, 0.29) is 18.5 Å². The predicted octanol–water partition coefficient (Wildman–Crippen LogP) is 4.53. The van der Waals surface area contributed by atoms with E-state index >= 15 is 0 Å². The summed E-state index contributed by atoms with van der Waals surface area (Å²) in [5.41, 5.74) is 4.29. The predicted molar refractivity (Wildman–Crippen MR) is 150 cm³/mol. The first-order valence-electron chi connectivity index (χ1n) is 13.0. The number of fused-ring (bicyclic) bond motifs is 1. The molecule has 4 rings (SSSR count). The minimum absolute atomic E-state index is 0.0621. The molecule has 8 nitrogen and oxygen atoms in total. The number of carbonyl (C=O) groups excluding carboxylic acids is 1. The van der Waals surface area contributed by atoms with Gasteiger partial charge in [-0.3, -0.25) is 9.69 Å².